The molecular formula is C15H23N. The molecule has 1 heteroatoms. The lowest BCUT2D eigenvalue weighted by Crippen LogP contribution is -2.20. The highest BCUT2D eigenvalue weighted by Gasteiger charge is 2.20. The first kappa shape index (κ1) is 11.7. The van der Waals surface area contributed by atoms with Gasteiger partial charge in [0.1, 0.15) is 0 Å². The van der Waals surface area contributed by atoms with Crippen molar-refractivity contribution < 1.29 is 0 Å². The van der Waals surface area contributed by atoms with Gasteiger partial charge in [-0.3, -0.25) is 0 Å². The maximum Gasteiger partial charge on any atom is 0.0326 e. The van der Waals surface area contributed by atoms with Crippen LogP contribution in [0.1, 0.15) is 56.2 Å². The predicted molar refractivity (Wildman–Crippen MR) is 69.6 cm³/mol. The number of nitrogens with one attached hydrogen (secondary N) is 1. The molecule has 0 saturated carbocycles. The van der Waals surface area contributed by atoms with Crippen LogP contribution in [-0.2, 0) is 6.42 Å². The highest BCUT2D eigenvalue weighted by atomic mass is 14.9. The average Bonchev–Trinajstić information content (AvgIpc) is 2.73. The Morgan fingerprint density at radius 2 is 2.06 bits per heavy atom. The van der Waals surface area contributed by atoms with E-state index in [1.807, 2.05) is 0 Å². The van der Waals surface area contributed by atoms with Gasteiger partial charge in [0.2, 0.25) is 0 Å². The van der Waals surface area contributed by atoms with E-state index in [2.05, 4.69) is 36.5 Å². The second-order valence-corrected chi connectivity index (χ2v) is 4.80. The van der Waals surface area contributed by atoms with Crippen LogP contribution in [-0.4, -0.2) is 6.54 Å². The molecule has 0 saturated heterocycles. The van der Waals surface area contributed by atoms with E-state index < -0.39 is 0 Å². The normalized spacial score (nSPS) is 18.7. The molecule has 1 atom stereocenters. The molecule has 0 amide bonds. The molecule has 88 valence electrons. The van der Waals surface area contributed by atoms with Crippen LogP contribution in [0.25, 0.3) is 0 Å². The molecular weight excluding hydrogens is 194 g/mol. The summed E-state index contributed by atoms with van der Waals surface area (Å²) in [5.41, 5.74) is 3.09. The van der Waals surface area contributed by atoms with Crippen LogP contribution in [0, 0.1) is 0 Å². The smallest absolute Gasteiger partial charge is 0.0326 e. The number of fused-ring (bicyclic) bond motifs is 1. The van der Waals surface area contributed by atoms with Crippen LogP contribution in [0.2, 0.25) is 0 Å². The minimum absolute atomic E-state index is 0.623. The molecule has 2 rings (SSSR count). The zero-order chi connectivity index (χ0) is 11.2. The van der Waals surface area contributed by atoms with Gasteiger partial charge >= 0.3 is 0 Å². The topological polar surface area (TPSA) is 12.0 Å². The summed E-state index contributed by atoms with van der Waals surface area (Å²) in [5, 5.41) is 3.70. The van der Waals surface area contributed by atoms with Crippen molar-refractivity contribution in [3.63, 3.8) is 0 Å². The Labute approximate surface area is 99.3 Å². The van der Waals surface area contributed by atoms with Gasteiger partial charge in [0.15, 0.2) is 0 Å². The Morgan fingerprint density at radius 3 is 2.94 bits per heavy atom. The van der Waals surface area contributed by atoms with Crippen molar-refractivity contribution in [1.29, 1.82) is 0 Å². The first-order chi connectivity index (χ1) is 7.92. The second kappa shape index (κ2) is 6.05. The van der Waals surface area contributed by atoms with Gasteiger partial charge in [-0.1, -0.05) is 50.5 Å². The Morgan fingerprint density at radius 1 is 1.19 bits per heavy atom. The molecule has 1 aliphatic rings. The summed E-state index contributed by atoms with van der Waals surface area (Å²) in [7, 11) is 0. The van der Waals surface area contributed by atoms with Crippen LogP contribution >= 0.6 is 0 Å². The van der Waals surface area contributed by atoms with Gasteiger partial charge in [-0.25, -0.2) is 0 Å². The van der Waals surface area contributed by atoms with Crippen LogP contribution in [0.5, 0.6) is 0 Å². The molecule has 16 heavy (non-hydrogen) atoms. The fourth-order valence-electron chi connectivity index (χ4n) is 2.60. The number of hydrogen-bond acceptors (Lipinski definition) is 1. The molecule has 1 aliphatic carbocycles. The lowest BCUT2D eigenvalue weighted by Gasteiger charge is -2.13. The SMILES string of the molecule is CCCCCCNC1CCc2ccccc21. The minimum Gasteiger partial charge on any atom is -0.310 e. The summed E-state index contributed by atoms with van der Waals surface area (Å²) in [5.74, 6) is 0. The van der Waals surface area contributed by atoms with Crippen molar-refractivity contribution in [3.8, 4) is 0 Å². The van der Waals surface area contributed by atoms with Crippen LogP contribution in [0.3, 0.4) is 0 Å². The van der Waals surface area contributed by atoms with E-state index in [1.54, 1.807) is 5.56 Å². The zero-order valence-electron chi connectivity index (χ0n) is 10.3. The Balaban J connectivity index is 1.76. The Kier molecular flexibility index (Phi) is 4.41. The Bertz CT molecular complexity index is 319. The van der Waals surface area contributed by atoms with Crippen molar-refractivity contribution in [2.75, 3.05) is 6.54 Å². The summed E-state index contributed by atoms with van der Waals surface area (Å²) in [6, 6.07) is 9.50. The van der Waals surface area contributed by atoms with E-state index in [1.165, 1.54) is 50.6 Å². The molecule has 0 aromatic heterocycles. The van der Waals surface area contributed by atoms with Crippen molar-refractivity contribution >= 4 is 0 Å². The average molecular weight is 217 g/mol. The molecule has 0 aliphatic heterocycles. The minimum atomic E-state index is 0.623. The quantitative estimate of drug-likeness (QED) is 0.714. The van der Waals surface area contributed by atoms with Crippen molar-refractivity contribution in [3.05, 3.63) is 35.4 Å². The van der Waals surface area contributed by atoms with Gasteiger partial charge in [-0.05, 0) is 36.9 Å². The molecule has 0 bridgehead atoms. The third kappa shape index (κ3) is 2.85. The molecule has 1 nitrogen and oxygen atoms in total. The predicted octanol–water partition coefficient (Wildman–Crippen LogP) is 3.84. The number of benzene rings is 1. The van der Waals surface area contributed by atoms with Crippen molar-refractivity contribution in [2.45, 2.75) is 51.5 Å². The van der Waals surface area contributed by atoms with E-state index in [0.29, 0.717) is 6.04 Å². The standard InChI is InChI=1S/C15H23N/c1-2-3-4-7-12-16-15-11-10-13-8-5-6-9-14(13)15/h5-6,8-9,15-16H,2-4,7,10-12H2,1H3. The zero-order valence-corrected chi connectivity index (χ0v) is 10.3. The van der Waals surface area contributed by atoms with E-state index in [0.717, 1.165) is 0 Å². The highest BCUT2D eigenvalue weighted by molar-refractivity contribution is 5.34. The summed E-state index contributed by atoms with van der Waals surface area (Å²) >= 11 is 0. The van der Waals surface area contributed by atoms with Gasteiger partial charge in [0.25, 0.3) is 0 Å². The van der Waals surface area contributed by atoms with Crippen molar-refractivity contribution in [2.24, 2.45) is 0 Å². The van der Waals surface area contributed by atoms with Gasteiger partial charge < -0.3 is 5.32 Å². The van der Waals surface area contributed by atoms with Gasteiger partial charge in [0, 0.05) is 6.04 Å². The fraction of sp³-hybridized carbons (Fsp3) is 0.600. The summed E-state index contributed by atoms with van der Waals surface area (Å²) in [6.07, 6.45) is 7.94. The second-order valence-electron chi connectivity index (χ2n) is 4.80. The molecule has 1 unspecified atom stereocenters. The first-order valence-corrected chi connectivity index (χ1v) is 6.73. The van der Waals surface area contributed by atoms with Crippen LogP contribution in [0.4, 0.5) is 0 Å². The Hall–Kier alpha value is -0.820. The molecule has 0 heterocycles. The fourth-order valence-corrected chi connectivity index (χ4v) is 2.60. The molecule has 1 aromatic rings. The number of unbranched alkanes of at least 4 members (excludes halogenated alkanes) is 3. The van der Waals surface area contributed by atoms with Gasteiger partial charge in [-0.15, -0.1) is 0 Å². The number of hydrogen-bond donors (Lipinski definition) is 1. The van der Waals surface area contributed by atoms with Crippen LogP contribution < -0.4 is 5.32 Å². The molecule has 1 aromatic carbocycles. The molecule has 0 fully saturated rings. The first-order valence-electron chi connectivity index (χ1n) is 6.73. The molecule has 0 spiro atoms. The number of rotatable bonds is 6. The highest BCUT2D eigenvalue weighted by Crippen LogP contribution is 2.30. The van der Waals surface area contributed by atoms with E-state index in [9.17, 15) is 0 Å². The summed E-state index contributed by atoms with van der Waals surface area (Å²) in [6.45, 7) is 3.44. The molecule has 0 radical (unpaired) electrons. The summed E-state index contributed by atoms with van der Waals surface area (Å²) < 4.78 is 0. The lowest BCUT2D eigenvalue weighted by molar-refractivity contribution is 0.506. The maximum atomic E-state index is 3.70. The van der Waals surface area contributed by atoms with Gasteiger partial charge in [0.05, 0.1) is 0 Å². The molecule has 1 N–H and O–H groups in total. The third-order valence-electron chi connectivity index (χ3n) is 3.55. The van der Waals surface area contributed by atoms with E-state index in [4.69, 9.17) is 0 Å². The van der Waals surface area contributed by atoms with Gasteiger partial charge in [-0.2, -0.15) is 0 Å². The third-order valence-corrected chi connectivity index (χ3v) is 3.55. The lowest BCUT2D eigenvalue weighted by atomic mass is 10.1. The monoisotopic (exact) mass is 217 g/mol. The van der Waals surface area contributed by atoms with E-state index in [-0.39, 0.29) is 0 Å². The van der Waals surface area contributed by atoms with E-state index >= 15 is 0 Å². The maximum absolute atomic E-state index is 3.70. The number of aryl methyl sites for hydroxylation is 1. The summed E-state index contributed by atoms with van der Waals surface area (Å²) in [4.78, 5) is 0. The van der Waals surface area contributed by atoms with Crippen LogP contribution in [0.15, 0.2) is 24.3 Å². The van der Waals surface area contributed by atoms with Crippen molar-refractivity contribution in [1.82, 2.24) is 5.32 Å². The largest absolute Gasteiger partial charge is 0.310 e.